The lowest BCUT2D eigenvalue weighted by atomic mass is 10.0. The van der Waals surface area contributed by atoms with E-state index in [-0.39, 0.29) is 11.8 Å². The van der Waals surface area contributed by atoms with E-state index in [9.17, 15) is 4.79 Å². The number of halogens is 1. The number of rotatable bonds is 4. The van der Waals surface area contributed by atoms with E-state index in [1.54, 1.807) is 4.90 Å². The van der Waals surface area contributed by atoms with Crippen molar-refractivity contribution in [2.75, 3.05) is 10.8 Å². The Hall–Kier alpha value is -2.33. The maximum atomic E-state index is 12.6. The van der Waals surface area contributed by atoms with E-state index < -0.39 is 0 Å². The minimum atomic E-state index is -0.132. The molecule has 0 atom stereocenters. The zero-order chi connectivity index (χ0) is 19.1. The standard InChI is InChI=1S/C22H24ClN3O/c1-14-9-16(10-17-5-4-6-18(14)17)13-26(21(27)11-23)20-8-7-19-15(2)12-25(3)22(19)24-20/h7-10,12H,4-6,11,13H2,1-3H3. The second kappa shape index (κ2) is 7.01. The van der Waals surface area contributed by atoms with Gasteiger partial charge in [-0.3, -0.25) is 9.69 Å². The molecule has 0 N–H and O–H groups in total. The van der Waals surface area contributed by atoms with Crippen LogP contribution in [0.25, 0.3) is 11.0 Å². The average molecular weight is 382 g/mol. The van der Waals surface area contributed by atoms with Crippen molar-refractivity contribution in [3.63, 3.8) is 0 Å². The third kappa shape index (κ3) is 3.23. The number of hydrogen-bond acceptors (Lipinski definition) is 2. The SMILES string of the molecule is Cc1cc(CN(C(=O)CCl)c2ccc3c(C)cn(C)c3n2)cc2c1CCC2. The van der Waals surface area contributed by atoms with Gasteiger partial charge in [-0.1, -0.05) is 12.1 Å². The van der Waals surface area contributed by atoms with Crippen LogP contribution in [-0.2, 0) is 31.2 Å². The Bertz CT molecular complexity index is 1040. The molecular formula is C22H24ClN3O. The van der Waals surface area contributed by atoms with Crippen LogP contribution in [0.3, 0.4) is 0 Å². The molecule has 140 valence electrons. The van der Waals surface area contributed by atoms with Crippen LogP contribution in [0.5, 0.6) is 0 Å². The molecule has 1 amide bonds. The first-order valence-corrected chi connectivity index (χ1v) is 9.91. The summed E-state index contributed by atoms with van der Waals surface area (Å²) in [5.74, 6) is 0.454. The number of nitrogens with zero attached hydrogens (tertiary/aromatic N) is 3. The molecule has 1 aliphatic carbocycles. The van der Waals surface area contributed by atoms with Gasteiger partial charge in [0, 0.05) is 18.6 Å². The van der Waals surface area contributed by atoms with Gasteiger partial charge in [0.2, 0.25) is 5.91 Å². The third-order valence-electron chi connectivity index (χ3n) is 5.54. The Kier molecular flexibility index (Phi) is 4.68. The van der Waals surface area contributed by atoms with Crippen molar-refractivity contribution in [1.29, 1.82) is 0 Å². The monoisotopic (exact) mass is 381 g/mol. The second-order valence-corrected chi connectivity index (χ2v) is 7.75. The molecule has 0 saturated heterocycles. The van der Waals surface area contributed by atoms with Crippen LogP contribution in [0.15, 0.2) is 30.5 Å². The van der Waals surface area contributed by atoms with Gasteiger partial charge in [-0.25, -0.2) is 4.98 Å². The highest BCUT2D eigenvalue weighted by Gasteiger charge is 2.20. The lowest BCUT2D eigenvalue weighted by Crippen LogP contribution is -2.32. The van der Waals surface area contributed by atoms with Crippen molar-refractivity contribution in [2.24, 2.45) is 7.05 Å². The van der Waals surface area contributed by atoms with E-state index in [4.69, 9.17) is 16.6 Å². The van der Waals surface area contributed by atoms with Crippen molar-refractivity contribution < 1.29 is 4.79 Å². The minimum Gasteiger partial charge on any atom is -0.335 e. The van der Waals surface area contributed by atoms with Crippen molar-refractivity contribution in [1.82, 2.24) is 9.55 Å². The topological polar surface area (TPSA) is 38.1 Å². The number of amides is 1. The Morgan fingerprint density at radius 2 is 2.04 bits per heavy atom. The number of benzene rings is 1. The predicted molar refractivity (Wildman–Crippen MR) is 111 cm³/mol. The Labute approximate surface area is 164 Å². The molecule has 0 aliphatic heterocycles. The summed E-state index contributed by atoms with van der Waals surface area (Å²) in [5.41, 5.74) is 7.41. The number of fused-ring (bicyclic) bond motifs is 2. The largest absolute Gasteiger partial charge is 0.335 e. The molecule has 4 rings (SSSR count). The summed E-state index contributed by atoms with van der Waals surface area (Å²) in [5, 5.41) is 1.10. The van der Waals surface area contributed by atoms with Gasteiger partial charge in [0.1, 0.15) is 17.3 Å². The highest BCUT2D eigenvalue weighted by Crippen LogP contribution is 2.28. The number of pyridine rings is 1. The second-order valence-electron chi connectivity index (χ2n) is 7.48. The fraction of sp³-hybridized carbons (Fsp3) is 0.364. The summed E-state index contributed by atoms with van der Waals surface area (Å²) in [4.78, 5) is 19.1. The molecule has 4 nitrogen and oxygen atoms in total. The molecule has 27 heavy (non-hydrogen) atoms. The average Bonchev–Trinajstić information content (AvgIpc) is 3.24. The fourth-order valence-electron chi connectivity index (χ4n) is 4.24. The van der Waals surface area contributed by atoms with E-state index in [0.717, 1.165) is 29.4 Å². The normalized spacial score (nSPS) is 13.2. The van der Waals surface area contributed by atoms with Crippen molar-refractivity contribution in [2.45, 2.75) is 39.7 Å². The molecule has 0 bridgehead atoms. The van der Waals surface area contributed by atoms with Crippen LogP contribution in [0, 0.1) is 13.8 Å². The summed E-state index contributed by atoms with van der Waals surface area (Å²) < 4.78 is 2.00. The predicted octanol–water partition coefficient (Wildman–Crippen LogP) is 4.45. The van der Waals surface area contributed by atoms with Gasteiger partial charge in [0.05, 0.1) is 6.54 Å². The molecule has 2 heterocycles. The molecule has 1 aromatic carbocycles. The van der Waals surface area contributed by atoms with E-state index in [0.29, 0.717) is 12.4 Å². The van der Waals surface area contributed by atoms with Crippen LogP contribution >= 0.6 is 11.6 Å². The highest BCUT2D eigenvalue weighted by atomic mass is 35.5. The molecule has 0 unspecified atom stereocenters. The molecule has 0 fully saturated rings. The molecule has 0 saturated carbocycles. The quantitative estimate of drug-likeness (QED) is 0.626. The van der Waals surface area contributed by atoms with Crippen LogP contribution in [0.1, 0.15) is 34.2 Å². The first kappa shape index (κ1) is 18.1. The van der Waals surface area contributed by atoms with Gasteiger partial charge in [0.25, 0.3) is 0 Å². The number of carbonyl (C=O) groups excluding carboxylic acids is 1. The number of aryl methyl sites for hydroxylation is 4. The van der Waals surface area contributed by atoms with Crippen LogP contribution in [0.4, 0.5) is 5.82 Å². The van der Waals surface area contributed by atoms with E-state index in [1.807, 2.05) is 23.7 Å². The highest BCUT2D eigenvalue weighted by molar-refractivity contribution is 6.29. The first-order valence-electron chi connectivity index (χ1n) is 9.38. The third-order valence-corrected chi connectivity index (χ3v) is 5.77. The molecule has 1 aliphatic rings. The van der Waals surface area contributed by atoms with Crippen LogP contribution in [0.2, 0.25) is 0 Å². The zero-order valence-corrected chi connectivity index (χ0v) is 16.8. The van der Waals surface area contributed by atoms with Crippen molar-refractivity contribution >= 4 is 34.4 Å². The summed E-state index contributed by atoms with van der Waals surface area (Å²) in [6, 6.07) is 8.40. The smallest absolute Gasteiger partial charge is 0.243 e. The summed E-state index contributed by atoms with van der Waals surface area (Å²) >= 11 is 5.92. The maximum Gasteiger partial charge on any atom is 0.243 e. The minimum absolute atomic E-state index is 0.0597. The molecule has 3 aromatic rings. The van der Waals surface area contributed by atoms with E-state index in [1.165, 1.54) is 28.7 Å². The molecular weight excluding hydrogens is 358 g/mol. The lowest BCUT2D eigenvalue weighted by Gasteiger charge is -2.22. The Balaban J connectivity index is 1.73. The number of carbonyl (C=O) groups is 1. The number of alkyl halides is 1. The van der Waals surface area contributed by atoms with Crippen molar-refractivity contribution in [3.8, 4) is 0 Å². The molecule has 5 heteroatoms. The zero-order valence-electron chi connectivity index (χ0n) is 16.1. The van der Waals surface area contributed by atoms with Gasteiger partial charge in [-0.2, -0.15) is 0 Å². The van der Waals surface area contributed by atoms with E-state index >= 15 is 0 Å². The van der Waals surface area contributed by atoms with Crippen LogP contribution in [-0.4, -0.2) is 21.3 Å². The number of hydrogen-bond donors (Lipinski definition) is 0. The summed E-state index contributed by atoms with van der Waals surface area (Å²) in [6.45, 7) is 4.72. The fourth-order valence-corrected chi connectivity index (χ4v) is 4.38. The summed E-state index contributed by atoms with van der Waals surface area (Å²) in [6.07, 6.45) is 5.56. The Morgan fingerprint density at radius 1 is 1.22 bits per heavy atom. The van der Waals surface area contributed by atoms with Gasteiger partial charge in [0.15, 0.2) is 0 Å². The maximum absolute atomic E-state index is 12.6. The van der Waals surface area contributed by atoms with Crippen molar-refractivity contribution in [3.05, 3.63) is 58.3 Å². The molecule has 2 aromatic heterocycles. The van der Waals surface area contributed by atoms with Gasteiger partial charge in [-0.05, 0) is 73.1 Å². The van der Waals surface area contributed by atoms with E-state index in [2.05, 4.69) is 32.2 Å². The molecule has 0 spiro atoms. The van der Waals surface area contributed by atoms with Gasteiger partial charge < -0.3 is 4.57 Å². The van der Waals surface area contributed by atoms with Gasteiger partial charge >= 0.3 is 0 Å². The Morgan fingerprint density at radius 3 is 2.81 bits per heavy atom. The molecule has 0 radical (unpaired) electrons. The number of aromatic nitrogens is 2. The van der Waals surface area contributed by atoms with Gasteiger partial charge in [-0.15, -0.1) is 11.6 Å². The lowest BCUT2D eigenvalue weighted by molar-refractivity contribution is -0.116. The number of anilines is 1. The first-order chi connectivity index (χ1) is 13.0. The van der Waals surface area contributed by atoms with Crippen LogP contribution < -0.4 is 4.90 Å². The summed E-state index contributed by atoms with van der Waals surface area (Å²) in [7, 11) is 1.98.